The molecule has 0 amide bonds. The van der Waals surface area contributed by atoms with Gasteiger partial charge in [-0.25, -0.2) is 0 Å². The highest BCUT2D eigenvalue weighted by atomic mass is 79.9. The second kappa shape index (κ2) is 6.66. The maximum Gasteiger partial charge on any atom is 0.0701 e. The maximum atomic E-state index is 3.68. The summed E-state index contributed by atoms with van der Waals surface area (Å²) in [5.74, 6) is 0. The number of halogens is 2. The summed E-state index contributed by atoms with van der Waals surface area (Å²) in [7, 11) is 0. The third-order valence-electron chi connectivity index (χ3n) is 2.62. The van der Waals surface area contributed by atoms with E-state index >= 15 is 0 Å². The predicted molar refractivity (Wildman–Crippen MR) is 88.9 cm³/mol. The third kappa shape index (κ3) is 3.45. The van der Waals surface area contributed by atoms with Crippen LogP contribution in [-0.2, 0) is 0 Å². The molecule has 1 N–H and O–H groups in total. The van der Waals surface area contributed by atoms with Gasteiger partial charge in [0.25, 0.3) is 0 Å². The monoisotopic (exact) mass is 407 g/mol. The Labute approximate surface area is 133 Å². The Kier molecular flexibility index (Phi) is 5.45. The van der Waals surface area contributed by atoms with Gasteiger partial charge in [0, 0.05) is 14.2 Å². The molecule has 1 nitrogen and oxygen atoms in total. The normalized spacial score (nSPS) is 12.9. The summed E-state index contributed by atoms with van der Waals surface area (Å²) in [6.45, 7) is 5.38. The van der Waals surface area contributed by atoms with Crippen molar-refractivity contribution in [3.63, 3.8) is 0 Å². The van der Waals surface area contributed by atoms with Crippen LogP contribution < -0.4 is 5.32 Å². The Morgan fingerprint density at radius 1 is 1.33 bits per heavy atom. The first-order valence-corrected chi connectivity index (χ1v) is 9.13. The second-order valence-corrected chi connectivity index (χ2v) is 8.57. The lowest BCUT2D eigenvalue weighted by molar-refractivity contribution is 0.606. The summed E-state index contributed by atoms with van der Waals surface area (Å²) >= 11 is 10.8. The van der Waals surface area contributed by atoms with Gasteiger partial charge in [-0.15, -0.1) is 22.7 Å². The lowest BCUT2D eigenvalue weighted by atomic mass is 10.1. The van der Waals surface area contributed by atoms with Crippen LogP contribution in [0.1, 0.15) is 34.7 Å². The zero-order valence-corrected chi connectivity index (χ0v) is 15.1. The zero-order valence-electron chi connectivity index (χ0n) is 10.3. The Morgan fingerprint density at radius 2 is 2.11 bits per heavy atom. The van der Waals surface area contributed by atoms with E-state index in [0.717, 1.165) is 13.0 Å². The number of thiophene rings is 2. The van der Waals surface area contributed by atoms with Crippen molar-refractivity contribution in [1.82, 2.24) is 5.32 Å². The smallest absolute Gasteiger partial charge is 0.0701 e. The summed E-state index contributed by atoms with van der Waals surface area (Å²) < 4.78 is 2.39. The molecule has 0 spiro atoms. The fourth-order valence-electron chi connectivity index (χ4n) is 1.82. The minimum atomic E-state index is 0.292. The predicted octanol–water partition coefficient (Wildman–Crippen LogP) is 5.73. The van der Waals surface area contributed by atoms with Gasteiger partial charge in [-0.2, -0.15) is 0 Å². The standard InChI is InChI=1S/C13H15Br2NS2/c1-3-4-16-12(9-6-11(15)17-7-9)13-10(14)5-8(2)18-13/h5-7,12,16H,3-4H2,1-2H3. The summed E-state index contributed by atoms with van der Waals surface area (Å²) in [5.41, 5.74) is 1.34. The van der Waals surface area contributed by atoms with E-state index in [1.54, 1.807) is 11.3 Å². The second-order valence-electron chi connectivity index (χ2n) is 4.14. The van der Waals surface area contributed by atoms with Gasteiger partial charge in [0.2, 0.25) is 0 Å². The fraction of sp³-hybridized carbons (Fsp3) is 0.385. The first-order valence-electron chi connectivity index (χ1n) is 5.85. The van der Waals surface area contributed by atoms with E-state index in [1.807, 2.05) is 11.3 Å². The maximum absolute atomic E-state index is 3.68. The van der Waals surface area contributed by atoms with Crippen LogP contribution in [0.3, 0.4) is 0 Å². The first-order chi connectivity index (χ1) is 8.61. The molecule has 2 aromatic heterocycles. The van der Waals surface area contributed by atoms with Gasteiger partial charge in [-0.1, -0.05) is 6.92 Å². The van der Waals surface area contributed by atoms with Gasteiger partial charge >= 0.3 is 0 Å². The number of hydrogen-bond donors (Lipinski definition) is 1. The number of nitrogens with one attached hydrogen (secondary N) is 1. The Bertz CT molecular complexity index is 519. The SMILES string of the molecule is CCCNC(c1csc(Br)c1)c1sc(C)cc1Br. The van der Waals surface area contributed by atoms with E-state index in [9.17, 15) is 0 Å². The van der Waals surface area contributed by atoms with E-state index in [2.05, 4.69) is 68.5 Å². The molecule has 0 saturated heterocycles. The van der Waals surface area contributed by atoms with Crippen LogP contribution in [-0.4, -0.2) is 6.54 Å². The molecule has 0 aliphatic rings. The van der Waals surface area contributed by atoms with Crippen molar-refractivity contribution in [3.8, 4) is 0 Å². The van der Waals surface area contributed by atoms with Crippen LogP contribution >= 0.6 is 54.5 Å². The molecule has 1 atom stereocenters. The lowest BCUT2D eigenvalue weighted by Crippen LogP contribution is -2.22. The molecule has 0 aliphatic heterocycles. The number of hydrogen-bond acceptors (Lipinski definition) is 3. The molecular formula is C13H15Br2NS2. The van der Waals surface area contributed by atoms with Gasteiger partial charge in [-0.05, 0) is 74.8 Å². The highest BCUT2D eigenvalue weighted by Crippen LogP contribution is 2.37. The van der Waals surface area contributed by atoms with Crippen LogP contribution in [0.5, 0.6) is 0 Å². The molecule has 98 valence electrons. The molecule has 0 fully saturated rings. The number of aryl methyl sites for hydroxylation is 1. The van der Waals surface area contributed by atoms with Gasteiger partial charge in [0.15, 0.2) is 0 Å². The summed E-state index contributed by atoms with van der Waals surface area (Å²) in [4.78, 5) is 2.71. The topological polar surface area (TPSA) is 12.0 Å². The molecule has 1 unspecified atom stereocenters. The Hall–Kier alpha value is 0.320. The third-order valence-corrected chi connectivity index (χ3v) is 6.17. The average Bonchev–Trinajstić information content (AvgIpc) is 2.87. The van der Waals surface area contributed by atoms with Crippen LogP contribution in [0.25, 0.3) is 0 Å². The largest absolute Gasteiger partial charge is 0.306 e. The van der Waals surface area contributed by atoms with Crippen molar-refractivity contribution < 1.29 is 0 Å². The van der Waals surface area contributed by atoms with Crippen LogP contribution in [0.4, 0.5) is 0 Å². The molecule has 0 radical (unpaired) electrons. The molecule has 0 bridgehead atoms. The van der Waals surface area contributed by atoms with Crippen LogP contribution in [0.15, 0.2) is 25.8 Å². The molecule has 2 aromatic rings. The molecule has 18 heavy (non-hydrogen) atoms. The molecule has 2 heterocycles. The van der Waals surface area contributed by atoms with Crippen molar-refractivity contribution >= 4 is 54.5 Å². The molecule has 2 rings (SSSR count). The molecule has 0 aromatic carbocycles. The van der Waals surface area contributed by atoms with Gasteiger partial charge in [0.05, 0.1) is 9.83 Å². The zero-order chi connectivity index (χ0) is 13.1. The molecular weight excluding hydrogens is 394 g/mol. The fourth-order valence-corrected chi connectivity index (χ4v) is 5.01. The van der Waals surface area contributed by atoms with Crippen molar-refractivity contribution in [1.29, 1.82) is 0 Å². The highest BCUT2D eigenvalue weighted by molar-refractivity contribution is 9.11. The van der Waals surface area contributed by atoms with Gasteiger partial charge < -0.3 is 5.32 Å². The summed E-state index contributed by atoms with van der Waals surface area (Å²) in [5, 5.41) is 5.86. The van der Waals surface area contributed by atoms with E-state index in [1.165, 1.54) is 23.6 Å². The quantitative estimate of drug-likeness (QED) is 0.665. The van der Waals surface area contributed by atoms with Crippen molar-refractivity contribution in [2.24, 2.45) is 0 Å². The number of rotatable bonds is 5. The van der Waals surface area contributed by atoms with Crippen LogP contribution in [0.2, 0.25) is 0 Å². The summed E-state index contributed by atoms with van der Waals surface area (Å²) in [6.07, 6.45) is 1.14. The van der Waals surface area contributed by atoms with Crippen LogP contribution in [0, 0.1) is 6.92 Å². The highest BCUT2D eigenvalue weighted by Gasteiger charge is 2.19. The van der Waals surface area contributed by atoms with Crippen molar-refractivity contribution in [2.75, 3.05) is 6.54 Å². The van der Waals surface area contributed by atoms with E-state index in [4.69, 9.17) is 0 Å². The molecule has 0 aliphatic carbocycles. The van der Waals surface area contributed by atoms with E-state index < -0.39 is 0 Å². The van der Waals surface area contributed by atoms with Gasteiger partial charge in [-0.3, -0.25) is 0 Å². The molecule has 0 saturated carbocycles. The minimum Gasteiger partial charge on any atom is -0.306 e. The Morgan fingerprint density at radius 3 is 2.61 bits per heavy atom. The average molecular weight is 409 g/mol. The summed E-state index contributed by atoms with van der Waals surface area (Å²) in [6, 6.07) is 4.70. The molecule has 5 heteroatoms. The Balaban J connectivity index is 2.33. The minimum absolute atomic E-state index is 0.292. The van der Waals surface area contributed by atoms with Gasteiger partial charge in [0.1, 0.15) is 0 Å². The van der Waals surface area contributed by atoms with Crippen molar-refractivity contribution in [2.45, 2.75) is 26.3 Å². The van der Waals surface area contributed by atoms with Crippen molar-refractivity contribution in [3.05, 3.63) is 41.1 Å². The lowest BCUT2D eigenvalue weighted by Gasteiger charge is -2.16. The first kappa shape index (κ1) is 14.7. The van der Waals surface area contributed by atoms with E-state index in [-0.39, 0.29) is 0 Å². The van der Waals surface area contributed by atoms with E-state index in [0.29, 0.717) is 6.04 Å².